The van der Waals surface area contributed by atoms with E-state index in [4.69, 9.17) is 4.74 Å². The Morgan fingerprint density at radius 3 is 2.48 bits per heavy atom. The third kappa shape index (κ3) is 7.40. The molecule has 1 fully saturated rings. The molecule has 1 aromatic heterocycles. The second-order valence-corrected chi connectivity index (χ2v) is 7.74. The third-order valence-electron chi connectivity index (χ3n) is 4.48. The van der Waals surface area contributed by atoms with E-state index in [1.165, 1.54) is 9.75 Å². The Morgan fingerprint density at radius 1 is 1.24 bits per heavy atom. The van der Waals surface area contributed by atoms with Gasteiger partial charge in [-0.1, -0.05) is 20.8 Å². The van der Waals surface area contributed by atoms with Gasteiger partial charge in [-0.25, -0.2) is 0 Å². The molecule has 7 heteroatoms. The average Bonchev–Trinajstić information content (AvgIpc) is 3.06. The summed E-state index contributed by atoms with van der Waals surface area (Å²) in [6.07, 6.45) is 1.10. The van der Waals surface area contributed by atoms with Gasteiger partial charge in [-0.2, -0.15) is 0 Å². The average molecular weight is 480 g/mol. The number of guanidine groups is 1. The van der Waals surface area contributed by atoms with Crippen molar-refractivity contribution in [1.82, 2.24) is 15.5 Å². The Kier molecular flexibility index (Phi) is 11.0. The van der Waals surface area contributed by atoms with Crippen LogP contribution in [-0.2, 0) is 17.7 Å². The second-order valence-electron chi connectivity index (χ2n) is 6.49. The molecule has 0 bridgehead atoms. The van der Waals surface area contributed by atoms with Crippen molar-refractivity contribution in [1.29, 1.82) is 0 Å². The van der Waals surface area contributed by atoms with E-state index < -0.39 is 0 Å². The monoisotopic (exact) mass is 480 g/mol. The Bertz CT molecular complexity index is 515. The molecule has 0 saturated carbocycles. The second kappa shape index (κ2) is 12.1. The van der Waals surface area contributed by atoms with Crippen LogP contribution in [-0.4, -0.2) is 56.8 Å². The number of hydrogen-bond acceptors (Lipinski definition) is 4. The van der Waals surface area contributed by atoms with Gasteiger partial charge in [-0.05, 0) is 24.5 Å². The lowest BCUT2D eigenvalue weighted by atomic mass is 10.0. The van der Waals surface area contributed by atoms with Gasteiger partial charge in [-0.3, -0.25) is 9.89 Å². The third-order valence-corrected chi connectivity index (χ3v) is 5.71. The summed E-state index contributed by atoms with van der Waals surface area (Å²) >= 11 is 1.87. The molecule has 5 nitrogen and oxygen atoms in total. The molecular weight excluding hydrogens is 447 g/mol. The Labute approximate surface area is 173 Å². The first-order valence-corrected chi connectivity index (χ1v) is 9.79. The van der Waals surface area contributed by atoms with Gasteiger partial charge in [0.25, 0.3) is 0 Å². The molecule has 2 heterocycles. The smallest absolute Gasteiger partial charge is 0.191 e. The van der Waals surface area contributed by atoms with Gasteiger partial charge < -0.3 is 15.4 Å². The van der Waals surface area contributed by atoms with Gasteiger partial charge in [0, 0.05) is 42.5 Å². The minimum atomic E-state index is 0. The molecule has 2 rings (SSSR count). The van der Waals surface area contributed by atoms with Crippen LogP contribution in [0.4, 0.5) is 0 Å². The highest BCUT2D eigenvalue weighted by molar-refractivity contribution is 14.0. The number of aliphatic imine (C=N–C) groups is 1. The minimum Gasteiger partial charge on any atom is -0.379 e. The number of rotatable bonds is 7. The standard InChI is InChI=1S/C18H32N4OS.HI/c1-5-15-6-7-16(24-15)12-20-18(19-4)21-13-17(14(2)3)22-8-10-23-11-9-22;/h6-7,14,17H,5,8-13H2,1-4H3,(H2,19,20,21);1H. The molecule has 0 radical (unpaired) electrons. The number of thiophene rings is 1. The molecule has 1 saturated heterocycles. The number of halogens is 1. The van der Waals surface area contributed by atoms with Crippen LogP contribution in [0.15, 0.2) is 17.1 Å². The zero-order valence-electron chi connectivity index (χ0n) is 15.9. The van der Waals surface area contributed by atoms with Crippen LogP contribution in [0.2, 0.25) is 0 Å². The van der Waals surface area contributed by atoms with E-state index in [2.05, 4.69) is 53.4 Å². The highest BCUT2D eigenvalue weighted by Gasteiger charge is 2.23. The first-order valence-electron chi connectivity index (χ1n) is 8.98. The predicted octanol–water partition coefficient (Wildman–Crippen LogP) is 2.95. The van der Waals surface area contributed by atoms with Crippen LogP contribution in [0.3, 0.4) is 0 Å². The van der Waals surface area contributed by atoms with Crippen LogP contribution in [0.5, 0.6) is 0 Å². The van der Waals surface area contributed by atoms with E-state index in [-0.39, 0.29) is 24.0 Å². The van der Waals surface area contributed by atoms with Gasteiger partial charge in [-0.15, -0.1) is 35.3 Å². The van der Waals surface area contributed by atoms with Crippen molar-refractivity contribution in [2.24, 2.45) is 10.9 Å². The van der Waals surface area contributed by atoms with Crippen molar-refractivity contribution >= 4 is 41.3 Å². The summed E-state index contributed by atoms with van der Waals surface area (Å²) in [5, 5.41) is 6.93. The molecule has 25 heavy (non-hydrogen) atoms. The van der Waals surface area contributed by atoms with Gasteiger partial charge in [0.05, 0.1) is 19.8 Å². The summed E-state index contributed by atoms with van der Waals surface area (Å²) in [6, 6.07) is 4.92. The molecule has 0 aliphatic carbocycles. The van der Waals surface area contributed by atoms with Crippen LogP contribution in [0.25, 0.3) is 0 Å². The fraction of sp³-hybridized carbons (Fsp3) is 0.722. The quantitative estimate of drug-likeness (QED) is 0.358. The molecule has 1 atom stereocenters. The van der Waals surface area contributed by atoms with E-state index in [9.17, 15) is 0 Å². The topological polar surface area (TPSA) is 48.9 Å². The SMILES string of the molecule is CCc1ccc(CNC(=NC)NCC(C(C)C)N2CCOCC2)s1.I. The van der Waals surface area contributed by atoms with Gasteiger partial charge in [0.1, 0.15) is 0 Å². The largest absolute Gasteiger partial charge is 0.379 e. The van der Waals surface area contributed by atoms with Crippen LogP contribution >= 0.6 is 35.3 Å². The fourth-order valence-corrected chi connectivity index (χ4v) is 3.89. The Balaban J connectivity index is 0.00000312. The molecule has 1 aromatic rings. The Hall–Kier alpha value is -0.380. The van der Waals surface area contributed by atoms with Gasteiger partial charge in [0.2, 0.25) is 0 Å². The first kappa shape index (κ1) is 22.7. The van der Waals surface area contributed by atoms with Gasteiger partial charge >= 0.3 is 0 Å². The molecule has 1 aliphatic rings. The van der Waals surface area contributed by atoms with E-state index in [1.54, 1.807) is 0 Å². The highest BCUT2D eigenvalue weighted by Crippen LogP contribution is 2.16. The maximum atomic E-state index is 5.48. The normalized spacial score (nSPS) is 17.2. The van der Waals surface area contributed by atoms with Crippen LogP contribution in [0, 0.1) is 5.92 Å². The summed E-state index contributed by atoms with van der Waals surface area (Å²) in [5.41, 5.74) is 0. The maximum Gasteiger partial charge on any atom is 0.191 e. The zero-order chi connectivity index (χ0) is 17.4. The van der Waals surface area contributed by atoms with E-state index >= 15 is 0 Å². The van der Waals surface area contributed by atoms with Crippen molar-refractivity contribution in [2.75, 3.05) is 39.9 Å². The summed E-state index contributed by atoms with van der Waals surface area (Å²) < 4.78 is 5.48. The predicted molar refractivity (Wildman–Crippen MR) is 118 cm³/mol. The molecule has 0 spiro atoms. The van der Waals surface area contributed by atoms with E-state index in [1.807, 2.05) is 18.4 Å². The van der Waals surface area contributed by atoms with Crippen LogP contribution in [0.1, 0.15) is 30.5 Å². The molecular formula is C18H33IN4OS. The van der Waals surface area contributed by atoms with Crippen LogP contribution < -0.4 is 10.6 Å². The number of hydrogen-bond donors (Lipinski definition) is 2. The lowest BCUT2D eigenvalue weighted by molar-refractivity contribution is 0.00752. The van der Waals surface area contributed by atoms with Gasteiger partial charge in [0.15, 0.2) is 5.96 Å². The van der Waals surface area contributed by atoms with Crippen molar-refractivity contribution in [3.63, 3.8) is 0 Å². The molecule has 144 valence electrons. The number of nitrogens with one attached hydrogen (secondary N) is 2. The molecule has 1 aliphatic heterocycles. The summed E-state index contributed by atoms with van der Waals surface area (Å²) in [6.45, 7) is 12.2. The Morgan fingerprint density at radius 2 is 1.92 bits per heavy atom. The fourth-order valence-electron chi connectivity index (χ4n) is 3.00. The zero-order valence-corrected chi connectivity index (χ0v) is 19.0. The highest BCUT2D eigenvalue weighted by atomic mass is 127. The minimum absolute atomic E-state index is 0. The number of aryl methyl sites for hydroxylation is 1. The van der Waals surface area contributed by atoms with Crippen molar-refractivity contribution in [3.05, 3.63) is 21.9 Å². The number of ether oxygens (including phenoxy) is 1. The van der Waals surface area contributed by atoms with E-state index in [0.29, 0.717) is 12.0 Å². The lowest BCUT2D eigenvalue weighted by Crippen LogP contribution is -2.52. The molecule has 2 N–H and O–H groups in total. The maximum absolute atomic E-state index is 5.48. The molecule has 0 aromatic carbocycles. The summed E-state index contributed by atoms with van der Waals surface area (Å²) in [5.74, 6) is 1.47. The molecule has 1 unspecified atom stereocenters. The van der Waals surface area contributed by atoms with Crippen molar-refractivity contribution in [3.8, 4) is 0 Å². The molecule has 0 amide bonds. The lowest BCUT2D eigenvalue weighted by Gasteiger charge is -2.37. The number of nitrogens with zero attached hydrogens (tertiary/aromatic N) is 2. The number of morpholine rings is 1. The summed E-state index contributed by atoms with van der Waals surface area (Å²) in [4.78, 5) is 9.67. The summed E-state index contributed by atoms with van der Waals surface area (Å²) in [7, 11) is 1.83. The van der Waals surface area contributed by atoms with Crippen molar-refractivity contribution < 1.29 is 4.74 Å². The van der Waals surface area contributed by atoms with Crippen molar-refractivity contribution in [2.45, 2.75) is 39.8 Å². The van der Waals surface area contributed by atoms with E-state index in [0.717, 1.165) is 51.8 Å². The first-order chi connectivity index (χ1) is 11.6.